The van der Waals surface area contributed by atoms with Crippen LogP contribution in [0.25, 0.3) is 0 Å². The summed E-state index contributed by atoms with van der Waals surface area (Å²) in [7, 11) is 0. The Kier molecular flexibility index (Phi) is 4.86. The van der Waals surface area contributed by atoms with Crippen molar-refractivity contribution in [1.82, 2.24) is 4.90 Å². The second-order valence-electron chi connectivity index (χ2n) is 6.00. The molecule has 0 saturated carbocycles. The van der Waals surface area contributed by atoms with Crippen molar-refractivity contribution in [3.05, 3.63) is 65.2 Å². The van der Waals surface area contributed by atoms with Gasteiger partial charge in [0.1, 0.15) is 0 Å². The van der Waals surface area contributed by atoms with Crippen LogP contribution in [0.2, 0.25) is 5.02 Å². The van der Waals surface area contributed by atoms with Gasteiger partial charge in [0.25, 0.3) is 0 Å². The van der Waals surface area contributed by atoms with E-state index < -0.39 is 0 Å². The third-order valence-electron chi connectivity index (χ3n) is 4.41. The summed E-state index contributed by atoms with van der Waals surface area (Å²) in [6.07, 6.45) is 0.230. The third-order valence-corrected chi connectivity index (χ3v) is 4.74. The SMILES string of the molecule is C[C@@H](c1ccccc1)N1C[C@H](C(=O)Nc2ccccc2Cl)CC1=O. The zero-order valence-electron chi connectivity index (χ0n) is 13.4. The van der Waals surface area contributed by atoms with E-state index >= 15 is 0 Å². The third kappa shape index (κ3) is 3.44. The molecule has 1 heterocycles. The lowest BCUT2D eigenvalue weighted by molar-refractivity contribution is -0.129. The van der Waals surface area contributed by atoms with Gasteiger partial charge in [0, 0.05) is 13.0 Å². The Morgan fingerprint density at radius 2 is 1.83 bits per heavy atom. The van der Waals surface area contributed by atoms with Crippen molar-refractivity contribution >= 4 is 29.1 Å². The summed E-state index contributed by atoms with van der Waals surface area (Å²) in [6, 6.07) is 16.9. The number of likely N-dealkylation sites (tertiary alicyclic amines) is 1. The second-order valence-corrected chi connectivity index (χ2v) is 6.41. The molecule has 2 aromatic carbocycles. The monoisotopic (exact) mass is 342 g/mol. The van der Waals surface area contributed by atoms with E-state index in [4.69, 9.17) is 11.6 Å². The maximum atomic E-state index is 12.5. The van der Waals surface area contributed by atoms with Crippen molar-refractivity contribution in [2.45, 2.75) is 19.4 Å². The molecule has 1 aliphatic rings. The molecule has 1 aliphatic heterocycles. The summed E-state index contributed by atoms with van der Waals surface area (Å²) in [5.74, 6) is -0.523. The predicted octanol–water partition coefficient (Wildman–Crippen LogP) is 3.89. The molecule has 124 valence electrons. The molecular weight excluding hydrogens is 324 g/mol. The summed E-state index contributed by atoms with van der Waals surface area (Å²) in [5.41, 5.74) is 1.64. The van der Waals surface area contributed by atoms with Gasteiger partial charge < -0.3 is 10.2 Å². The van der Waals surface area contributed by atoms with Crippen molar-refractivity contribution in [2.24, 2.45) is 5.92 Å². The molecular formula is C19H19ClN2O2. The van der Waals surface area contributed by atoms with E-state index in [0.29, 0.717) is 17.3 Å². The molecule has 3 rings (SSSR count). The molecule has 24 heavy (non-hydrogen) atoms. The smallest absolute Gasteiger partial charge is 0.229 e. The van der Waals surface area contributed by atoms with Gasteiger partial charge in [0.05, 0.1) is 22.7 Å². The first-order chi connectivity index (χ1) is 11.6. The maximum absolute atomic E-state index is 12.5. The Morgan fingerprint density at radius 1 is 1.17 bits per heavy atom. The molecule has 2 aromatic rings. The molecule has 0 unspecified atom stereocenters. The van der Waals surface area contributed by atoms with Crippen molar-refractivity contribution < 1.29 is 9.59 Å². The molecule has 5 heteroatoms. The van der Waals surface area contributed by atoms with Crippen molar-refractivity contribution in [1.29, 1.82) is 0 Å². The van der Waals surface area contributed by atoms with E-state index in [0.717, 1.165) is 5.56 Å². The number of para-hydroxylation sites is 1. The minimum Gasteiger partial charge on any atom is -0.335 e. The number of benzene rings is 2. The Balaban J connectivity index is 1.68. The van der Waals surface area contributed by atoms with E-state index in [2.05, 4.69) is 5.32 Å². The van der Waals surface area contributed by atoms with Gasteiger partial charge in [0.2, 0.25) is 11.8 Å². The standard InChI is InChI=1S/C19H19ClN2O2/c1-13(14-7-3-2-4-8-14)22-12-15(11-18(22)23)19(24)21-17-10-6-5-9-16(17)20/h2-10,13,15H,11-12H2,1H3,(H,21,24)/t13-,15+/m0/s1. The number of carbonyl (C=O) groups is 2. The van der Waals surface area contributed by atoms with Crippen molar-refractivity contribution in [3.63, 3.8) is 0 Å². The molecule has 4 nitrogen and oxygen atoms in total. The van der Waals surface area contributed by atoms with Gasteiger partial charge in [-0.05, 0) is 24.6 Å². The fourth-order valence-electron chi connectivity index (χ4n) is 2.99. The largest absolute Gasteiger partial charge is 0.335 e. The first-order valence-electron chi connectivity index (χ1n) is 7.96. The lowest BCUT2D eigenvalue weighted by Gasteiger charge is -2.25. The second kappa shape index (κ2) is 7.05. The van der Waals surface area contributed by atoms with Crippen LogP contribution in [0, 0.1) is 5.92 Å². The summed E-state index contributed by atoms with van der Waals surface area (Å²) >= 11 is 6.07. The molecule has 0 bridgehead atoms. The molecule has 1 fully saturated rings. The molecule has 1 N–H and O–H groups in total. The van der Waals surface area contributed by atoms with E-state index in [1.54, 1.807) is 23.1 Å². The average Bonchev–Trinajstić information content (AvgIpc) is 2.99. The van der Waals surface area contributed by atoms with Crippen molar-refractivity contribution in [2.75, 3.05) is 11.9 Å². The zero-order chi connectivity index (χ0) is 17.1. The van der Waals surface area contributed by atoms with Gasteiger partial charge in [-0.15, -0.1) is 0 Å². The number of nitrogens with one attached hydrogen (secondary N) is 1. The lowest BCUT2D eigenvalue weighted by atomic mass is 10.1. The summed E-state index contributed by atoms with van der Waals surface area (Å²) in [4.78, 5) is 26.6. The number of hydrogen-bond donors (Lipinski definition) is 1. The average molecular weight is 343 g/mol. The fraction of sp³-hybridized carbons (Fsp3) is 0.263. The molecule has 1 saturated heterocycles. The Morgan fingerprint density at radius 3 is 2.54 bits per heavy atom. The molecule has 2 atom stereocenters. The number of anilines is 1. The first kappa shape index (κ1) is 16.5. The van der Waals surface area contributed by atoms with Gasteiger partial charge in [-0.1, -0.05) is 54.1 Å². The van der Waals surface area contributed by atoms with Gasteiger partial charge in [-0.3, -0.25) is 9.59 Å². The minimum absolute atomic E-state index is 0.00524. The van der Waals surface area contributed by atoms with E-state index in [1.807, 2.05) is 43.3 Å². The normalized spacial score (nSPS) is 18.5. The van der Waals surface area contributed by atoms with Crippen LogP contribution >= 0.6 is 11.6 Å². The first-order valence-corrected chi connectivity index (χ1v) is 8.34. The fourth-order valence-corrected chi connectivity index (χ4v) is 3.17. The van der Waals surface area contributed by atoms with E-state index in [1.165, 1.54) is 0 Å². The topological polar surface area (TPSA) is 49.4 Å². The summed E-state index contributed by atoms with van der Waals surface area (Å²) in [5, 5.41) is 3.31. The highest BCUT2D eigenvalue weighted by molar-refractivity contribution is 6.33. The molecule has 0 aromatic heterocycles. The molecule has 0 spiro atoms. The maximum Gasteiger partial charge on any atom is 0.229 e. The molecule has 2 amide bonds. The number of rotatable bonds is 4. The quantitative estimate of drug-likeness (QED) is 0.916. The minimum atomic E-state index is -0.361. The number of amides is 2. The highest BCUT2D eigenvalue weighted by Gasteiger charge is 2.37. The van der Waals surface area contributed by atoms with Crippen LogP contribution in [0.3, 0.4) is 0 Å². The van der Waals surface area contributed by atoms with Crippen LogP contribution in [-0.4, -0.2) is 23.3 Å². The Bertz CT molecular complexity index is 748. The van der Waals surface area contributed by atoms with Crippen LogP contribution in [0.4, 0.5) is 5.69 Å². The van der Waals surface area contributed by atoms with E-state index in [-0.39, 0.29) is 30.2 Å². The Hall–Kier alpha value is -2.33. The number of hydrogen-bond acceptors (Lipinski definition) is 2. The van der Waals surface area contributed by atoms with Crippen LogP contribution in [0.5, 0.6) is 0 Å². The molecule has 0 aliphatic carbocycles. The number of carbonyl (C=O) groups excluding carboxylic acids is 2. The van der Waals surface area contributed by atoms with Crippen LogP contribution in [-0.2, 0) is 9.59 Å². The zero-order valence-corrected chi connectivity index (χ0v) is 14.2. The lowest BCUT2D eigenvalue weighted by Crippen LogP contribution is -2.30. The van der Waals surface area contributed by atoms with Gasteiger partial charge in [0.15, 0.2) is 0 Å². The number of nitrogens with zero attached hydrogens (tertiary/aromatic N) is 1. The summed E-state index contributed by atoms with van der Waals surface area (Å²) < 4.78 is 0. The number of halogens is 1. The van der Waals surface area contributed by atoms with Gasteiger partial charge >= 0.3 is 0 Å². The van der Waals surface area contributed by atoms with Crippen LogP contribution in [0.15, 0.2) is 54.6 Å². The van der Waals surface area contributed by atoms with Crippen molar-refractivity contribution in [3.8, 4) is 0 Å². The van der Waals surface area contributed by atoms with E-state index in [9.17, 15) is 9.59 Å². The van der Waals surface area contributed by atoms with Crippen LogP contribution < -0.4 is 5.32 Å². The van der Waals surface area contributed by atoms with Gasteiger partial charge in [-0.2, -0.15) is 0 Å². The molecule has 0 radical (unpaired) electrons. The predicted molar refractivity (Wildman–Crippen MR) is 94.8 cm³/mol. The highest BCUT2D eigenvalue weighted by atomic mass is 35.5. The van der Waals surface area contributed by atoms with Crippen LogP contribution in [0.1, 0.15) is 24.9 Å². The summed E-state index contributed by atoms with van der Waals surface area (Å²) in [6.45, 7) is 2.41. The Labute approximate surface area is 146 Å². The highest BCUT2D eigenvalue weighted by Crippen LogP contribution is 2.29. The van der Waals surface area contributed by atoms with Gasteiger partial charge in [-0.25, -0.2) is 0 Å².